The lowest BCUT2D eigenvalue weighted by Gasteiger charge is -2.26. The minimum Gasteiger partial charge on any atom is -0.334 e. The van der Waals surface area contributed by atoms with Gasteiger partial charge in [-0.2, -0.15) is 18.3 Å². The number of amides is 1. The van der Waals surface area contributed by atoms with Crippen molar-refractivity contribution in [3.63, 3.8) is 0 Å². The standard InChI is InChI=1S/C21H22F3N3O2/c22-21(23,24)17-9-3-2-8-16(17)20(29)26-11-5-7-15(26)13-27-19(28)12-14-6-1-4-10-18(14)25-27/h2-3,8-9,12,15H,1,4-7,10-11,13H2. The molecule has 1 aliphatic heterocycles. The average molecular weight is 405 g/mol. The van der Waals surface area contributed by atoms with Crippen LogP contribution in [0.5, 0.6) is 0 Å². The van der Waals surface area contributed by atoms with Gasteiger partial charge in [0.25, 0.3) is 11.5 Å². The van der Waals surface area contributed by atoms with Crippen molar-refractivity contribution in [2.45, 2.75) is 57.3 Å². The molecule has 8 heteroatoms. The van der Waals surface area contributed by atoms with Gasteiger partial charge in [-0.05, 0) is 56.2 Å². The molecule has 2 heterocycles. The van der Waals surface area contributed by atoms with Crippen LogP contribution in [0.1, 0.15) is 52.9 Å². The number of carbonyl (C=O) groups is 1. The number of likely N-dealkylation sites (tertiary alicyclic amines) is 1. The normalized spacial score (nSPS) is 19.3. The van der Waals surface area contributed by atoms with Crippen LogP contribution in [0.4, 0.5) is 13.2 Å². The van der Waals surface area contributed by atoms with Gasteiger partial charge in [0.2, 0.25) is 0 Å². The monoisotopic (exact) mass is 405 g/mol. The molecule has 1 aromatic heterocycles. The first-order valence-electron chi connectivity index (χ1n) is 9.91. The first-order chi connectivity index (χ1) is 13.8. The summed E-state index contributed by atoms with van der Waals surface area (Å²) in [5, 5.41) is 4.49. The Hall–Kier alpha value is -2.64. The Morgan fingerprint density at radius 2 is 1.90 bits per heavy atom. The highest BCUT2D eigenvalue weighted by molar-refractivity contribution is 5.96. The SMILES string of the molecule is O=C(c1ccccc1C(F)(F)F)N1CCCC1Cn1nc2c(cc1=O)CCCC2. The first-order valence-corrected chi connectivity index (χ1v) is 9.91. The summed E-state index contributed by atoms with van der Waals surface area (Å²) in [6.45, 7) is 0.571. The van der Waals surface area contributed by atoms with Crippen molar-refractivity contribution >= 4 is 5.91 Å². The molecule has 1 atom stereocenters. The number of aryl methyl sites for hydroxylation is 2. The highest BCUT2D eigenvalue weighted by Crippen LogP contribution is 2.33. The lowest BCUT2D eigenvalue weighted by atomic mass is 9.97. The summed E-state index contributed by atoms with van der Waals surface area (Å²) in [5.74, 6) is -0.647. The number of halogens is 3. The van der Waals surface area contributed by atoms with Gasteiger partial charge in [-0.3, -0.25) is 9.59 Å². The molecule has 1 saturated heterocycles. The van der Waals surface area contributed by atoms with Gasteiger partial charge in [-0.15, -0.1) is 0 Å². The molecule has 4 rings (SSSR count). The van der Waals surface area contributed by atoms with Crippen LogP contribution in [0.25, 0.3) is 0 Å². The van der Waals surface area contributed by atoms with Crippen LogP contribution < -0.4 is 5.56 Å². The molecule has 0 bridgehead atoms. The number of fused-ring (bicyclic) bond motifs is 1. The van der Waals surface area contributed by atoms with Crippen molar-refractivity contribution in [3.05, 3.63) is 63.1 Å². The number of alkyl halides is 3. The maximum absolute atomic E-state index is 13.3. The molecule has 0 saturated carbocycles. The Kier molecular flexibility index (Phi) is 5.19. The molecule has 5 nitrogen and oxygen atoms in total. The van der Waals surface area contributed by atoms with Crippen molar-refractivity contribution in [1.29, 1.82) is 0 Å². The molecule has 1 unspecified atom stereocenters. The number of hydrogen-bond acceptors (Lipinski definition) is 3. The van der Waals surface area contributed by atoms with E-state index in [1.165, 1.54) is 27.8 Å². The first kappa shape index (κ1) is 19.7. The Morgan fingerprint density at radius 3 is 2.69 bits per heavy atom. The van der Waals surface area contributed by atoms with E-state index < -0.39 is 17.6 Å². The molecular formula is C21H22F3N3O2. The van der Waals surface area contributed by atoms with Crippen LogP contribution in [0.15, 0.2) is 35.1 Å². The minimum atomic E-state index is -4.60. The molecule has 0 spiro atoms. The smallest absolute Gasteiger partial charge is 0.334 e. The Labute approximate surface area is 166 Å². The van der Waals surface area contributed by atoms with Crippen molar-refractivity contribution in [2.75, 3.05) is 6.54 Å². The van der Waals surface area contributed by atoms with E-state index in [0.29, 0.717) is 19.4 Å². The largest absolute Gasteiger partial charge is 0.417 e. The summed E-state index contributed by atoms with van der Waals surface area (Å²) >= 11 is 0. The Morgan fingerprint density at radius 1 is 1.14 bits per heavy atom. The maximum atomic E-state index is 13.3. The summed E-state index contributed by atoms with van der Waals surface area (Å²) in [4.78, 5) is 26.9. The fourth-order valence-corrected chi connectivity index (χ4v) is 4.30. The fraction of sp³-hybridized carbons (Fsp3) is 0.476. The quantitative estimate of drug-likeness (QED) is 0.786. The van der Waals surface area contributed by atoms with Crippen molar-refractivity contribution < 1.29 is 18.0 Å². The summed E-state index contributed by atoms with van der Waals surface area (Å²) in [6, 6.07) is 6.11. The average Bonchev–Trinajstić information content (AvgIpc) is 3.15. The molecule has 2 aromatic rings. The molecule has 0 N–H and O–H groups in total. The van der Waals surface area contributed by atoms with E-state index in [0.717, 1.165) is 43.0 Å². The number of carbonyl (C=O) groups excluding carboxylic acids is 1. The lowest BCUT2D eigenvalue weighted by molar-refractivity contribution is -0.138. The van der Waals surface area contributed by atoms with E-state index >= 15 is 0 Å². The molecule has 154 valence electrons. The zero-order chi connectivity index (χ0) is 20.6. The second-order valence-electron chi connectivity index (χ2n) is 7.68. The summed E-state index contributed by atoms with van der Waals surface area (Å²) in [5.41, 5.74) is 0.392. The van der Waals surface area contributed by atoms with Gasteiger partial charge >= 0.3 is 6.18 Å². The molecule has 29 heavy (non-hydrogen) atoms. The highest BCUT2D eigenvalue weighted by atomic mass is 19.4. The molecular weight excluding hydrogens is 383 g/mol. The molecule has 1 amide bonds. The highest BCUT2D eigenvalue weighted by Gasteiger charge is 2.38. The molecule has 0 radical (unpaired) electrons. The second kappa shape index (κ2) is 7.65. The van der Waals surface area contributed by atoms with Crippen LogP contribution in [0, 0.1) is 0 Å². The maximum Gasteiger partial charge on any atom is 0.417 e. The zero-order valence-electron chi connectivity index (χ0n) is 15.9. The number of nitrogens with zero attached hydrogens (tertiary/aromatic N) is 3. The lowest BCUT2D eigenvalue weighted by Crippen LogP contribution is -2.41. The molecule has 1 aromatic carbocycles. The van der Waals surface area contributed by atoms with E-state index in [9.17, 15) is 22.8 Å². The van der Waals surface area contributed by atoms with Crippen molar-refractivity contribution in [2.24, 2.45) is 0 Å². The van der Waals surface area contributed by atoms with Crippen LogP contribution in [-0.4, -0.2) is 33.2 Å². The van der Waals surface area contributed by atoms with Crippen LogP contribution in [-0.2, 0) is 25.6 Å². The molecule has 2 aliphatic rings. The van der Waals surface area contributed by atoms with Crippen LogP contribution in [0.3, 0.4) is 0 Å². The van der Waals surface area contributed by atoms with Gasteiger partial charge in [0, 0.05) is 12.6 Å². The number of rotatable bonds is 3. The van der Waals surface area contributed by atoms with Crippen LogP contribution >= 0.6 is 0 Å². The zero-order valence-corrected chi connectivity index (χ0v) is 15.9. The van der Waals surface area contributed by atoms with E-state index in [4.69, 9.17) is 0 Å². The van der Waals surface area contributed by atoms with Crippen LogP contribution in [0.2, 0.25) is 0 Å². The summed E-state index contributed by atoms with van der Waals surface area (Å²) < 4.78 is 41.4. The molecule has 1 aliphatic carbocycles. The minimum absolute atomic E-state index is 0.200. The predicted molar refractivity (Wildman–Crippen MR) is 101 cm³/mol. The third kappa shape index (κ3) is 3.93. The molecule has 1 fully saturated rings. The van der Waals surface area contributed by atoms with Crippen molar-refractivity contribution in [3.8, 4) is 0 Å². The van der Waals surface area contributed by atoms with Gasteiger partial charge in [-0.25, -0.2) is 4.68 Å². The van der Waals surface area contributed by atoms with E-state index in [-0.39, 0.29) is 23.7 Å². The number of benzene rings is 1. The van der Waals surface area contributed by atoms with Gasteiger partial charge in [-0.1, -0.05) is 12.1 Å². The fourth-order valence-electron chi connectivity index (χ4n) is 4.30. The van der Waals surface area contributed by atoms with Gasteiger partial charge in [0.1, 0.15) is 0 Å². The predicted octanol–water partition coefficient (Wildman–Crippen LogP) is 3.45. The van der Waals surface area contributed by atoms with Gasteiger partial charge < -0.3 is 4.90 Å². The van der Waals surface area contributed by atoms with Gasteiger partial charge in [0.05, 0.1) is 29.4 Å². The second-order valence-corrected chi connectivity index (χ2v) is 7.68. The Balaban J connectivity index is 1.59. The summed E-state index contributed by atoms with van der Waals surface area (Å²) in [6.07, 6.45) is 0.457. The summed E-state index contributed by atoms with van der Waals surface area (Å²) in [7, 11) is 0. The van der Waals surface area contributed by atoms with E-state index in [1.807, 2.05) is 0 Å². The number of hydrogen-bond donors (Lipinski definition) is 0. The van der Waals surface area contributed by atoms with E-state index in [2.05, 4.69) is 5.10 Å². The Bertz CT molecular complexity index is 984. The van der Waals surface area contributed by atoms with Gasteiger partial charge in [0.15, 0.2) is 0 Å². The van der Waals surface area contributed by atoms with E-state index in [1.54, 1.807) is 6.07 Å². The third-order valence-electron chi connectivity index (χ3n) is 5.76. The third-order valence-corrected chi connectivity index (χ3v) is 5.76. The number of aromatic nitrogens is 2. The topological polar surface area (TPSA) is 55.2 Å². The van der Waals surface area contributed by atoms with Crippen molar-refractivity contribution in [1.82, 2.24) is 14.7 Å².